The van der Waals surface area contributed by atoms with E-state index < -0.39 is 6.10 Å². The Kier molecular flexibility index (Phi) is 5.24. The van der Waals surface area contributed by atoms with Crippen molar-refractivity contribution in [2.45, 2.75) is 19.4 Å². The number of aliphatic hydroxyl groups excluding tert-OH is 1. The van der Waals surface area contributed by atoms with Gasteiger partial charge in [0, 0.05) is 25.9 Å². The third kappa shape index (κ3) is 5.04. The quantitative estimate of drug-likeness (QED) is 0.637. The number of carbonyl (C=O) groups excluding carboxylic acids is 1. The summed E-state index contributed by atoms with van der Waals surface area (Å²) < 4.78 is 0. The Morgan fingerprint density at radius 1 is 1.73 bits per heavy atom. The van der Waals surface area contributed by atoms with E-state index in [0.717, 1.165) is 0 Å². The summed E-state index contributed by atoms with van der Waals surface area (Å²) >= 11 is 5.37. The van der Waals surface area contributed by atoms with Crippen LogP contribution >= 0.6 is 11.6 Å². The molecule has 0 spiro atoms. The van der Waals surface area contributed by atoms with Gasteiger partial charge in [-0.2, -0.15) is 0 Å². The highest BCUT2D eigenvalue weighted by atomic mass is 35.5. The molecule has 1 atom stereocenters. The molecule has 4 heteroatoms. The SMILES string of the molecule is CC(O)CN(C)C(=O)CCCl. The molecule has 0 radical (unpaired) electrons. The maximum absolute atomic E-state index is 11.0. The van der Waals surface area contributed by atoms with Gasteiger partial charge in [-0.05, 0) is 6.92 Å². The number of aliphatic hydroxyl groups is 1. The number of hydrogen-bond donors (Lipinski definition) is 1. The zero-order valence-corrected chi connectivity index (χ0v) is 7.64. The Labute approximate surface area is 71.9 Å². The summed E-state index contributed by atoms with van der Waals surface area (Å²) in [5.74, 6) is 0.309. The lowest BCUT2D eigenvalue weighted by atomic mass is 10.3. The van der Waals surface area contributed by atoms with Crippen molar-refractivity contribution in [1.29, 1.82) is 0 Å². The highest BCUT2D eigenvalue weighted by molar-refractivity contribution is 6.18. The van der Waals surface area contributed by atoms with Crippen molar-refractivity contribution in [1.82, 2.24) is 4.90 Å². The molecule has 0 aromatic carbocycles. The van der Waals surface area contributed by atoms with Crippen molar-refractivity contribution in [3.05, 3.63) is 0 Å². The van der Waals surface area contributed by atoms with Gasteiger partial charge >= 0.3 is 0 Å². The van der Waals surface area contributed by atoms with Crippen LogP contribution in [0.2, 0.25) is 0 Å². The first kappa shape index (κ1) is 10.7. The van der Waals surface area contributed by atoms with Gasteiger partial charge in [-0.1, -0.05) is 0 Å². The third-order valence-corrected chi connectivity index (χ3v) is 1.46. The fourth-order valence-electron chi connectivity index (χ4n) is 0.770. The van der Waals surface area contributed by atoms with Crippen molar-refractivity contribution in [2.24, 2.45) is 0 Å². The van der Waals surface area contributed by atoms with Crippen LogP contribution in [0.5, 0.6) is 0 Å². The summed E-state index contributed by atoms with van der Waals surface area (Å²) in [6, 6.07) is 0. The zero-order valence-electron chi connectivity index (χ0n) is 6.88. The highest BCUT2D eigenvalue weighted by Gasteiger charge is 2.08. The van der Waals surface area contributed by atoms with E-state index in [1.165, 1.54) is 4.90 Å². The second-order valence-electron chi connectivity index (χ2n) is 2.56. The molecule has 0 rings (SSSR count). The minimum atomic E-state index is -0.473. The lowest BCUT2D eigenvalue weighted by Crippen LogP contribution is -2.33. The number of nitrogens with zero attached hydrogens (tertiary/aromatic N) is 1. The van der Waals surface area contributed by atoms with Gasteiger partial charge < -0.3 is 10.0 Å². The maximum Gasteiger partial charge on any atom is 0.223 e. The van der Waals surface area contributed by atoms with E-state index in [9.17, 15) is 4.79 Å². The van der Waals surface area contributed by atoms with E-state index in [0.29, 0.717) is 18.8 Å². The average molecular weight is 180 g/mol. The minimum Gasteiger partial charge on any atom is -0.392 e. The van der Waals surface area contributed by atoms with Crippen LogP contribution < -0.4 is 0 Å². The van der Waals surface area contributed by atoms with Gasteiger partial charge in [-0.25, -0.2) is 0 Å². The Morgan fingerprint density at radius 2 is 2.27 bits per heavy atom. The molecule has 0 saturated carbocycles. The summed E-state index contributed by atoms with van der Waals surface area (Å²) in [4.78, 5) is 12.5. The van der Waals surface area contributed by atoms with Crippen LogP contribution in [-0.2, 0) is 4.79 Å². The predicted molar refractivity (Wildman–Crippen MR) is 44.7 cm³/mol. The summed E-state index contributed by atoms with van der Waals surface area (Å²) in [7, 11) is 1.65. The van der Waals surface area contributed by atoms with Gasteiger partial charge in [0.2, 0.25) is 5.91 Å². The van der Waals surface area contributed by atoms with Crippen LogP contribution in [0.25, 0.3) is 0 Å². The van der Waals surface area contributed by atoms with Gasteiger partial charge in [-0.15, -0.1) is 11.6 Å². The second-order valence-corrected chi connectivity index (χ2v) is 2.94. The van der Waals surface area contributed by atoms with E-state index in [1.807, 2.05) is 0 Å². The molecule has 0 aliphatic heterocycles. The molecule has 0 saturated heterocycles. The molecule has 1 unspecified atom stereocenters. The largest absolute Gasteiger partial charge is 0.392 e. The number of amides is 1. The molecule has 3 nitrogen and oxygen atoms in total. The maximum atomic E-state index is 11.0. The summed E-state index contributed by atoms with van der Waals surface area (Å²) in [6.45, 7) is 2.01. The van der Waals surface area contributed by atoms with Crippen LogP contribution in [0.1, 0.15) is 13.3 Å². The first-order chi connectivity index (χ1) is 5.07. The van der Waals surface area contributed by atoms with Gasteiger partial charge in [0.15, 0.2) is 0 Å². The number of hydrogen-bond acceptors (Lipinski definition) is 2. The highest BCUT2D eigenvalue weighted by Crippen LogP contribution is 1.94. The van der Waals surface area contributed by atoms with Gasteiger partial charge in [0.25, 0.3) is 0 Å². The standard InChI is InChI=1S/C7H14ClNO2/c1-6(10)5-9(2)7(11)3-4-8/h6,10H,3-5H2,1-2H3. The predicted octanol–water partition coefficient (Wildman–Crippen LogP) is 0.454. The van der Waals surface area contributed by atoms with Crippen molar-refractivity contribution < 1.29 is 9.90 Å². The Morgan fingerprint density at radius 3 is 2.64 bits per heavy atom. The summed E-state index contributed by atoms with van der Waals surface area (Å²) in [5.41, 5.74) is 0. The first-order valence-electron chi connectivity index (χ1n) is 3.56. The van der Waals surface area contributed by atoms with E-state index in [4.69, 9.17) is 16.7 Å². The fourth-order valence-corrected chi connectivity index (χ4v) is 0.932. The van der Waals surface area contributed by atoms with E-state index in [2.05, 4.69) is 0 Å². The van der Waals surface area contributed by atoms with Crippen molar-refractivity contribution in [3.63, 3.8) is 0 Å². The molecule has 0 aliphatic rings. The number of rotatable bonds is 4. The first-order valence-corrected chi connectivity index (χ1v) is 4.09. The molecule has 0 aliphatic carbocycles. The second kappa shape index (κ2) is 5.38. The van der Waals surface area contributed by atoms with E-state index >= 15 is 0 Å². The number of halogens is 1. The molecule has 1 amide bonds. The van der Waals surface area contributed by atoms with Crippen LogP contribution in [0.4, 0.5) is 0 Å². The average Bonchev–Trinajstić information content (AvgIpc) is 1.86. The molecule has 0 fully saturated rings. The summed E-state index contributed by atoms with van der Waals surface area (Å²) in [5, 5.41) is 8.91. The molecule has 11 heavy (non-hydrogen) atoms. The topological polar surface area (TPSA) is 40.5 Å². The van der Waals surface area contributed by atoms with Gasteiger partial charge in [0.1, 0.15) is 0 Å². The Balaban J connectivity index is 3.64. The number of likely N-dealkylation sites (N-methyl/N-ethyl adjacent to an activating group) is 1. The zero-order chi connectivity index (χ0) is 8.85. The monoisotopic (exact) mass is 179 g/mol. The fraction of sp³-hybridized carbons (Fsp3) is 0.857. The van der Waals surface area contributed by atoms with Crippen LogP contribution in [0, 0.1) is 0 Å². The normalized spacial score (nSPS) is 12.7. The number of carbonyl (C=O) groups is 1. The molecule has 66 valence electrons. The molecule has 0 aromatic heterocycles. The minimum absolute atomic E-state index is 0.0269. The molecule has 0 aromatic rings. The van der Waals surface area contributed by atoms with Crippen LogP contribution in [0.3, 0.4) is 0 Å². The van der Waals surface area contributed by atoms with E-state index in [-0.39, 0.29) is 5.91 Å². The van der Waals surface area contributed by atoms with Gasteiger partial charge in [-0.3, -0.25) is 4.79 Å². The van der Waals surface area contributed by atoms with Crippen molar-refractivity contribution in [2.75, 3.05) is 19.5 Å². The van der Waals surface area contributed by atoms with Gasteiger partial charge in [0.05, 0.1) is 6.10 Å². The lowest BCUT2D eigenvalue weighted by molar-refractivity contribution is -0.130. The van der Waals surface area contributed by atoms with Crippen LogP contribution in [-0.4, -0.2) is 41.5 Å². The van der Waals surface area contributed by atoms with E-state index in [1.54, 1.807) is 14.0 Å². The Hall–Kier alpha value is -0.280. The number of alkyl halides is 1. The molecular formula is C7H14ClNO2. The van der Waals surface area contributed by atoms with Crippen LogP contribution in [0.15, 0.2) is 0 Å². The Bertz CT molecular complexity index is 128. The molecular weight excluding hydrogens is 166 g/mol. The molecule has 0 bridgehead atoms. The summed E-state index contributed by atoms with van der Waals surface area (Å²) in [6.07, 6.45) is -0.135. The smallest absolute Gasteiger partial charge is 0.223 e. The van der Waals surface area contributed by atoms with Crippen molar-refractivity contribution >= 4 is 17.5 Å². The molecule has 0 heterocycles. The lowest BCUT2D eigenvalue weighted by Gasteiger charge is -2.17. The third-order valence-electron chi connectivity index (χ3n) is 1.27. The van der Waals surface area contributed by atoms with Crippen molar-refractivity contribution in [3.8, 4) is 0 Å². The molecule has 1 N–H and O–H groups in total.